The first-order chi connectivity index (χ1) is 22.4. The molecule has 238 valence electrons. The van der Waals surface area contributed by atoms with Gasteiger partial charge in [0.1, 0.15) is 30.3 Å². The Morgan fingerprint density at radius 3 is 2.54 bits per heavy atom. The molecule has 46 heavy (non-hydrogen) atoms. The number of nitrogens with one attached hydrogen (secondary N) is 2. The zero-order chi connectivity index (χ0) is 31.6. The van der Waals surface area contributed by atoms with E-state index in [2.05, 4.69) is 53.6 Å². The molecule has 2 amide bonds. The SMILES string of the molecule is N#Cc1cc(-c2ncnc(Nc3ccc(N4CCN(C5COC5)CC4)cc3)n2)ccc1O[C@H]1CCN(C(=O)C2CC(=O)N2)C[C@H]1F. The molecule has 2 N–H and O–H groups in total. The van der Waals surface area contributed by atoms with Gasteiger partial charge in [-0.05, 0) is 42.5 Å². The van der Waals surface area contributed by atoms with E-state index in [1.807, 2.05) is 12.1 Å². The lowest BCUT2D eigenvalue weighted by molar-refractivity contribution is -0.146. The Morgan fingerprint density at radius 1 is 1.09 bits per heavy atom. The molecule has 4 fully saturated rings. The fourth-order valence-electron chi connectivity index (χ4n) is 6.13. The first-order valence-corrected chi connectivity index (χ1v) is 15.5. The molecule has 0 radical (unpaired) electrons. The second-order valence-electron chi connectivity index (χ2n) is 11.9. The van der Waals surface area contributed by atoms with Crippen molar-refractivity contribution in [1.82, 2.24) is 30.1 Å². The number of carbonyl (C=O) groups excluding carboxylic acids is 2. The molecule has 0 saturated carbocycles. The van der Waals surface area contributed by atoms with Crippen molar-refractivity contribution >= 4 is 29.1 Å². The van der Waals surface area contributed by atoms with Crippen molar-refractivity contribution in [2.75, 3.05) is 62.7 Å². The highest BCUT2D eigenvalue weighted by atomic mass is 19.1. The van der Waals surface area contributed by atoms with Crippen LogP contribution in [0.2, 0.25) is 0 Å². The average molecular weight is 628 g/mol. The van der Waals surface area contributed by atoms with Gasteiger partial charge in [-0.1, -0.05) is 0 Å². The Labute approximate surface area is 265 Å². The molecule has 0 spiro atoms. The third-order valence-corrected chi connectivity index (χ3v) is 8.96. The summed E-state index contributed by atoms with van der Waals surface area (Å²) >= 11 is 0. The monoisotopic (exact) mass is 627 g/mol. The Morgan fingerprint density at radius 2 is 1.87 bits per heavy atom. The Bertz CT molecular complexity index is 1630. The first kappa shape index (κ1) is 29.8. The summed E-state index contributed by atoms with van der Waals surface area (Å²) in [4.78, 5) is 43.0. The van der Waals surface area contributed by atoms with E-state index in [0.29, 0.717) is 29.9 Å². The minimum Gasteiger partial charge on any atom is -0.486 e. The number of anilines is 3. The van der Waals surface area contributed by atoms with Crippen LogP contribution >= 0.6 is 0 Å². The van der Waals surface area contributed by atoms with Gasteiger partial charge in [0.2, 0.25) is 17.8 Å². The van der Waals surface area contributed by atoms with Crippen LogP contribution < -0.4 is 20.3 Å². The molecule has 3 atom stereocenters. The van der Waals surface area contributed by atoms with E-state index in [1.165, 1.54) is 16.9 Å². The van der Waals surface area contributed by atoms with E-state index in [9.17, 15) is 14.9 Å². The number of aromatic nitrogens is 3. The molecule has 14 heteroatoms. The number of alkyl halides is 1. The van der Waals surface area contributed by atoms with E-state index in [-0.39, 0.29) is 42.5 Å². The third-order valence-electron chi connectivity index (χ3n) is 8.96. The highest BCUT2D eigenvalue weighted by Crippen LogP contribution is 2.29. The summed E-state index contributed by atoms with van der Waals surface area (Å²) in [6.07, 6.45) is -0.463. The predicted octanol–water partition coefficient (Wildman–Crippen LogP) is 1.88. The minimum absolute atomic E-state index is 0.130. The van der Waals surface area contributed by atoms with Crippen molar-refractivity contribution in [3.63, 3.8) is 0 Å². The van der Waals surface area contributed by atoms with E-state index in [4.69, 9.17) is 9.47 Å². The number of benzene rings is 2. The van der Waals surface area contributed by atoms with Gasteiger partial charge in [0.25, 0.3) is 0 Å². The van der Waals surface area contributed by atoms with Gasteiger partial charge in [-0.3, -0.25) is 14.5 Å². The number of hydrogen-bond donors (Lipinski definition) is 2. The van der Waals surface area contributed by atoms with Crippen molar-refractivity contribution in [2.45, 2.75) is 37.2 Å². The van der Waals surface area contributed by atoms with Gasteiger partial charge in [0.15, 0.2) is 12.0 Å². The van der Waals surface area contributed by atoms with Crippen LogP contribution in [0.5, 0.6) is 5.75 Å². The molecule has 1 aromatic heterocycles. The molecule has 7 rings (SSSR count). The topological polar surface area (TPSA) is 149 Å². The second-order valence-corrected chi connectivity index (χ2v) is 11.9. The summed E-state index contributed by atoms with van der Waals surface area (Å²) < 4.78 is 26.3. The minimum atomic E-state index is -1.44. The van der Waals surface area contributed by atoms with E-state index >= 15 is 4.39 Å². The number of likely N-dealkylation sites (tertiary alicyclic amines) is 1. The van der Waals surface area contributed by atoms with Crippen molar-refractivity contribution < 1.29 is 23.5 Å². The Balaban J connectivity index is 0.959. The summed E-state index contributed by atoms with van der Waals surface area (Å²) in [5.41, 5.74) is 2.79. The fraction of sp³-hybridized carbons (Fsp3) is 0.438. The Kier molecular flexibility index (Phi) is 8.33. The molecular formula is C32H34FN9O4. The number of ether oxygens (including phenoxy) is 2. The number of halogens is 1. The van der Waals surface area contributed by atoms with Crippen molar-refractivity contribution in [1.29, 1.82) is 5.26 Å². The first-order valence-electron chi connectivity index (χ1n) is 15.5. The number of carbonyl (C=O) groups is 2. The highest BCUT2D eigenvalue weighted by molar-refractivity contribution is 5.97. The predicted molar refractivity (Wildman–Crippen MR) is 165 cm³/mol. The van der Waals surface area contributed by atoms with E-state index < -0.39 is 18.3 Å². The number of nitriles is 1. The van der Waals surface area contributed by atoms with Gasteiger partial charge < -0.3 is 29.9 Å². The number of piperazine rings is 1. The summed E-state index contributed by atoms with van der Waals surface area (Å²) in [6, 6.07) is 15.2. The van der Waals surface area contributed by atoms with Crippen LogP contribution in [0.3, 0.4) is 0 Å². The normalized spacial score (nSPS) is 23.5. The van der Waals surface area contributed by atoms with Crippen LogP contribution in [0.1, 0.15) is 18.4 Å². The van der Waals surface area contributed by atoms with E-state index in [1.54, 1.807) is 18.2 Å². The molecule has 0 aliphatic carbocycles. The van der Waals surface area contributed by atoms with Gasteiger partial charge in [0.05, 0.1) is 37.8 Å². The second kappa shape index (κ2) is 12.9. The molecule has 3 aromatic rings. The average Bonchev–Trinajstić information content (AvgIpc) is 3.04. The van der Waals surface area contributed by atoms with Gasteiger partial charge in [-0.2, -0.15) is 10.2 Å². The smallest absolute Gasteiger partial charge is 0.245 e. The van der Waals surface area contributed by atoms with Crippen LogP contribution in [0.25, 0.3) is 11.4 Å². The largest absolute Gasteiger partial charge is 0.486 e. The number of piperidine rings is 1. The van der Waals surface area contributed by atoms with Gasteiger partial charge in [-0.25, -0.2) is 14.4 Å². The maximum absolute atomic E-state index is 15.1. The van der Waals surface area contributed by atoms with Crippen molar-refractivity contribution in [3.05, 3.63) is 54.4 Å². The van der Waals surface area contributed by atoms with Crippen LogP contribution in [0.4, 0.5) is 21.7 Å². The lowest BCUT2D eigenvalue weighted by Crippen LogP contribution is -2.60. The van der Waals surface area contributed by atoms with Gasteiger partial charge in [0, 0.05) is 56.1 Å². The number of rotatable bonds is 8. The molecule has 2 aromatic carbocycles. The van der Waals surface area contributed by atoms with Gasteiger partial charge in [-0.15, -0.1) is 0 Å². The van der Waals surface area contributed by atoms with E-state index in [0.717, 1.165) is 45.1 Å². The third kappa shape index (κ3) is 6.29. The number of β-lactam (4-membered cyclic amide) rings is 1. The zero-order valence-corrected chi connectivity index (χ0v) is 25.1. The quantitative estimate of drug-likeness (QED) is 0.353. The molecular weight excluding hydrogens is 593 g/mol. The molecule has 4 aliphatic heterocycles. The fourth-order valence-corrected chi connectivity index (χ4v) is 6.13. The summed E-state index contributed by atoms with van der Waals surface area (Å²) in [6.45, 7) is 5.87. The molecule has 0 bridgehead atoms. The van der Waals surface area contributed by atoms with Crippen LogP contribution in [0.15, 0.2) is 48.8 Å². The summed E-state index contributed by atoms with van der Waals surface area (Å²) in [5.74, 6) is 0.503. The Hall–Kier alpha value is -4.87. The van der Waals surface area contributed by atoms with Gasteiger partial charge >= 0.3 is 0 Å². The number of amides is 2. The van der Waals surface area contributed by atoms with Crippen LogP contribution in [-0.4, -0.2) is 113 Å². The maximum Gasteiger partial charge on any atom is 0.245 e. The lowest BCUT2D eigenvalue weighted by Gasteiger charge is -2.43. The van der Waals surface area contributed by atoms with Crippen molar-refractivity contribution in [3.8, 4) is 23.2 Å². The number of hydrogen-bond acceptors (Lipinski definition) is 11. The molecule has 4 saturated heterocycles. The number of nitrogens with zero attached hydrogens (tertiary/aromatic N) is 7. The van der Waals surface area contributed by atoms with Crippen LogP contribution in [0, 0.1) is 11.3 Å². The van der Waals surface area contributed by atoms with Crippen molar-refractivity contribution in [2.24, 2.45) is 0 Å². The molecule has 4 aliphatic rings. The molecule has 1 unspecified atom stereocenters. The summed E-state index contributed by atoms with van der Waals surface area (Å²) in [7, 11) is 0. The zero-order valence-electron chi connectivity index (χ0n) is 25.1. The maximum atomic E-state index is 15.1. The lowest BCUT2D eigenvalue weighted by atomic mass is 10.0. The highest BCUT2D eigenvalue weighted by Gasteiger charge is 2.39. The van der Waals surface area contributed by atoms with Crippen LogP contribution in [-0.2, 0) is 14.3 Å². The summed E-state index contributed by atoms with van der Waals surface area (Å²) in [5, 5.41) is 15.6. The standard InChI is InChI=1S/C32H34FN9O4/c33-25-16-42(31(44)26-14-29(43)38-26)8-7-28(25)46-27-6-1-20(13-21(27)15-34)30-35-19-36-32(39-30)37-22-2-4-23(5-3-22)40-9-11-41(12-10-40)24-17-45-18-24/h1-6,13,19,24-26,28H,7-12,14,16-18H2,(H,38,43)(H,35,36,37,39)/t25-,26?,28+/m1/s1. The molecule has 5 heterocycles. The molecule has 13 nitrogen and oxygen atoms in total.